The third-order valence-corrected chi connectivity index (χ3v) is 3.89. The van der Waals surface area contributed by atoms with Gasteiger partial charge in [-0.3, -0.25) is 0 Å². The molecule has 3 rings (SSSR count). The number of aliphatic hydroxyl groups excluding tert-OH is 1. The summed E-state index contributed by atoms with van der Waals surface area (Å²) in [6.07, 6.45) is 0.758. The predicted octanol–water partition coefficient (Wildman–Crippen LogP) is 4.25. The number of para-hydroxylation sites is 1. The molecule has 98 valence electrons. The molecule has 0 saturated heterocycles. The molecule has 0 atom stereocenters. The molecule has 0 radical (unpaired) electrons. The summed E-state index contributed by atoms with van der Waals surface area (Å²) in [7, 11) is 0. The molecule has 0 fully saturated rings. The quantitative estimate of drug-likeness (QED) is 0.758. The van der Waals surface area contributed by atoms with Gasteiger partial charge in [0.25, 0.3) is 0 Å². The van der Waals surface area contributed by atoms with E-state index < -0.39 is 0 Å². The van der Waals surface area contributed by atoms with Crippen molar-refractivity contribution >= 4 is 21.9 Å². The van der Waals surface area contributed by atoms with Crippen molar-refractivity contribution in [2.45, 2.75) is 25.7 Å². The zero-order valence-corrected chi connectivity index (χ0v) is 11.3. The van der Waals surface area contributed by atoms with E-state index in [4.69, 9.17) is 4.42 Å². The Morgan fingerprint density at radius 1 is 1.00 bits per heavy atom. The van der Waals surface area contributed by atoms with Crippen LogP contribution in [-0.4, -0.2) is 11.7 Å². The summed E-state index contributed by atoms with van der Waals surface area (Å²) in [5.74, 6) is 0. The summed E-state index contributed by atoms with van der Waals surface area (Å²) in [6, 6.07) is 14.4. The molecule has 0 saturated carbocycles. The first-order valence-corrected chi connectivity index (χ1v) is 6.64. The van der Waals surface area contributed by atoms with E-state index in [1.54, 1.807) is 0 Å². The third kappa shape index (κ3) is 2.02. The van der Waals surface area contributed by atoms with Crippen LogP contribution in [0.5, 0.6) is 0 Å². The van der Waals surface area contributed by atoms with Crippen molar-refractivity contribution in [3.8, 4) is 0 Å². The first-order valence-electron chi connectivity index (χ1n) is 6.64. The second-order valence-electron chi connectivity index (χ2n) is 5.67. The van der Waals surface area contributed by atoms with E-state index in [-0.39, 0.29) is 12.0 Å². The minimum absolute atomic E-state index is 0.0265. The van der Waals surface area contributed by atoms with Crippen LogP contribution in [0.25, 0.3) is 21.9 Å². The van der Waals surface area contributed by atoms with Crippen LogP contribution in [0.1, 0.15) is 25.8 Å². The number of aliphatic hydroxyl groups is 1. The van der Waals surface area contributed by atoms with Crippen molar-refractivity contribution in [1.29, 1.82) is 0 Å². The van der Waals surface area contributed by atoms with Gasteiger partial charge in [-0.2, -0.15) is 0 Å². The maximum atomic E-state index is 9.19. The number of rotatable bonds is 3. The SMILES string of the molecule is CC(C)(CCO)c1ccc2oc3ccccc3c2c1. The van der Waals surface area contributed by atoms with Crippen LogP contribution in [-0.2, 0) is 5.41 Å². The average molecular weight is 254 g/mol. The molecule has 3 aromatic rings. The fourth-order valence-electron chi connectivity index (χ4n) is 2.57. The molecule has 0 unspecified atom stereocenters. The van der Waals surface area contributed by atoms with E-state index in [2.05, 4.69) is 32.0 Å². The van der Waals surface area contributed by atoms with Gasteiger partial charge < -0.3 is 9.52 Å². The van der Waals surface area contributed by atoms with Gasteiger partial charge in [0, 0.05) is 17.4 Å². The van der Waals surface area contributed by atoms with E-state index in [0.717, 1.165) is 28.4 Å². The second kappa shape index (κ2) is 4.39. The molecule has 0 amide bonds. The van der Waals surface area contributed by atoms with Gasteiger partial charge in [-0.05, 0) is 35.6 Å². The Labute approximate surface area is 112 Å². The highest BCUT2D eigenvalue weighted by atomic mass is 16.3. The van der Waals surface area contributed by atoms with Gasteiger partial charge in [-0.1, -0.05) is 38.1 Å². The lowest BCUT2D eigenvalue weighted by Gasteiger charge is -2.24. The van der Waals surface area contributed by atoms with Crippen LogP contribution in [0.2, 0.25) is 0 Å². The summed E-state index contributed by atoms with van der Waals surface area (Å²) >= 11 is 0. The zero-order chi connectivity index (χ0) is 13.5. The highest BCUT2D eigenvalue weighted by molar-refractivity contribution is 6.05. The predicted molar refractivity (Wildman–Crippen MR) is 78.4 cm³/mol. The lowest BCUT2D eigenvalue weighted by molar-refractivity contribution is 0.252. The Kier molecular flexibility index (Phi) is 2.83. The standard InChI is InChI=1S/C17H18O2/c1-17(2,9-10-18)12-7-8-16-14(11-12)13-5-3-4-6-15(13)19-16/h3-8,11,18H,9-10H2,1-2H3. The molecule has 0 aliphatic rings. The van der Waals surface area contributed by atoms with Gasteiger partial charge in [0.2, 0.25) is 0 Å². The maximum absolute atomic E-state index is 9.19. The number of furan rings is 1. The lowest BCUT2D eigenvalue weighted by Crippen LogP contribution is -2.18. The van der Waals surface area contributed by atoms with E-state index >= 15 is 0 Å². The molecule has 0 aliphatic carbocycles. The van der Waals surface area contributed by atoms with Crippen LogP contribution in [0, 0.1) is 0 Å². The lowest BCUT2D eigenvalue weighted by atomic mass is 9.81. The smallest absolute Gasteiger partial charge is 0.135 e. The highest BCUT2D eigenvalue weighted by Crippen LogP contribution is 2.34. The van der Waals surface area contributed by atoms with E-state index in [1.165, 1.54) is 5.56 Å². The minimum Gasteiger partial charge on any atom is -0.456 e. The number of benzene rings is 2. The zero-order valence-electron chi connectivity index (χ0n) is 11.3. The summed E-state index contributed by atoms with van der Waals surface area (Å²) < 4.78 is 5.83. The number of hydrogen-bond acceptors (Lipinski definition) is 2. The minimum atomic E-state index is -0.0265. The third-order valence-electron chi connectivity index (χ3n) is 3.89. The summed E-state index contributed by atoms with van der Waals surface area (Å²) in [5, 5.41) is 11.5. The molecule has 1 heterocycles. The van der Waals surface area contributed by atoms with Crippen molar-refractivity contribution in [3.63, 3.8) is 0 Å². The fourth-order valence-corrected chi connectivity index (χ4v) is 2.57. The van der Waals surface area contributed by atoms with Crippen LogP contribution in [0.3, 0.4) is 0 Å². The molecule has 0 bridgehead atoms. The van der Waals surface area contributed by atoms with Gasteiger partial charge in [0.05, 0.1) is 0 Å². The number of fused-ring (bicyclic) bond motifs is 3. The van der Waals surface area contributed by atoms with Gasteiger partial charge in [0.15, 0.2) is 0 Å². The largest absolute Gasteiger partial charge is 0.456 e. The van der Waals surface area contributed by atoms with Crippen molar-refractivity contribution < 1.29 is 9.52 Å². The maximum Gasteiger partial charge on any atom is 0.135 e. The molecular weight excluding hydrogens is 236 g/mol. The van der Waals surface area contributed by atoms with Crippen molar-refractivity contribution in [1.82, 2.24) is 0 Å². The normalized spacial score (nSPS) is 12.4. The van der Waals surface area contributed by atoms with E-state index in [9.17, 15) is 5.11 Å². The highest BCUT2D eigenvalue weighted by Gasteiger charge is 2.21. The van der Waals surface area contributed by atoms with Crippen molar-refractivity contribution in [2.24, 2.45) is 0 Å². The molecule has 0 aliphatic heterocycles. The van der Waals surface area contributed by atoms with Crippen LogP contribution in [0.15, 0.2) is 46.9 Å². The average Bonchev–Trinajstić information content (AvgIpc) is 2.76. The molecule has 2 nitrogen and oxygen atoms in total. The fraction of sp³-hybridized carbons (Fsp3) is 0.294. The van der Waals surface area contributed by atoms with Gasteiger partial charge in [0.1, 0.15) is 11.2 Å². The summed E-state index contributed by atoms with van der Waals surface area (Å²) in [4.78, 5) is 0. The van der Waals surface area contributed by atoms with Crippen molar-refractivity contribution in [2.75, 3.05) is 6.61 Å². The van der Waals surface area contributed by atoms with E-state index in [1.807, 2.05) is 24.3 Å². The van der Waals surface area contributed by atoms with Gasteiger partial charge >= 0.3 is 0 Å². The first kappa shape index (κ1) is 12.2. The molecule has 0 spiro atoms. The Bertz CT molecular complexity index is 722. The Morgan fingerprint density at radius 2 is 1.74 bits per heavy atom. The second-order valence-corrected chi connectivity index (χ2v) is 5.67. The molecule has 1 aromatic heterocycles. The summed E-state index contributed by atoms with van der Waals surface area (Å²) in [6.45, 7) is 4.52. The molecule has 1 N–H and O–H groups in total. The van der Waals surface area contributed by atoms with Crippen LogP contribution >= 0.6 is 0 Å². The Balaban J connectivity index is 2.22. The molecule has 19 heavy (non-hydrogen) atoms. The van der Waals surface area contributed by atoms with E-state index in [0.29, 0.717) is 0 Å². The Hall–Kier alpha value is -1.80. The van der Waals surface area contributed by atoms with Crippen LogP contribution in [0.4, 0.5) is 0 Å². The molecule has 2 aromatic carbocycles. The van der Waals surface area contributed by atoms with Crippen LogP contribution < -0.4 is 0 Å². The summed E-state index contributed by atoms with van der Waals surface area (Å²) in [5.41, 5.74) is 3.06. The number of hydrogen-bond donors (Lipinski definition) is 1. The monoisotopic (exact) mass is 254 g/mol. The van der Waals surface area contributed by atoms with Gasteiger partial charge in [-0.15, -0.1) is 0 Å². The topological polar surface area (TPSA) is 33.4 Å². The Morgan fingerprint density at radius 3 is 2.53 bits per heavy atom. The first-order chi connectivity index (χ1) is 9.12. The van der Waals surface area contributed by atoms with Crippen molar-refractivity contribution in [3.05, 3.63) is 48.0 Å². The molecular formula is C17H18O2. The molecule has 2 heteroatoms. The van der Waals surface area contributed by atoms with Gasteiger partial charge in [-0.25, -0.2) is 0 Å².